The molecule has 142 valence electrons. The van der Waals surface area contributed by atoms with Crippen molar-refractivity contribution in [3.05, 3.63) is 35.0 Å². The van der Waals surface area contributed by atoms with E-state index in [4.69, 9.17) is 9.47 Å². The number of carbonyl (C=O) groups excluding carboxylic acids is 1. The highest BCUT2D eigenvalue weighted by Gasteiger charge is 2.15. The molecular weight excluding hydrogens is 342 g/mol. The third-order valence-electron chi connectivity index (χ3n) is 4.65. The van der Waals surface area contributed by atoms with Crippen LogP contribution in [0.25, 0.3) is 10.9 Å². The first-order valence-corrected chi connectivity index (χ1v) is 8.97. The highest BCUT2D eigenvalue weighted by Crippen LogP contribution is 2.25. The number of nitrogens with one attached hydrogen (secondary N) is 2. The van der Waals surface area contributed by atoms with Crippen LogP contribution in [0, 0.1) is 18.6 Å². The lowest BCUT2D eigenvalue weighted by Gasteiger charge is -2.22. The summed E-state index contributed by atoms with van der Waals surface area (Å²) in [4.78, 5) is 14.8. The van der Waals surface area contributed by atoms with Crippen molar-refractivity contribution in [3.8, 4) is 0 Å². The summed E-state index contributed by atoms with van der Waals surface area (Å²) in [7, 11) is 0. The van der Waals surface area contributed by atoms with Gasteiger partial charge in [-0.1, -0.05) is 0 Å². The maximum Gasteiger partial charge on any atom is 0.246 e. The number of fused-ring (bicyclic) bond motifs is 1. The first kappa shape index (κ1) is 18.8. The van der Waals surface area contributed by atoms with Gasteiger partial charge in [-0.05, 0) is 44.2 Å². The maximum absolute atomic E-state index is 13.8. The van der Waals surface area contributed by atoms with E-state index in [1.165, 1.54) is 6.07 Å². The number of hydrogen-bond donors (Lipinski definition) is 2. The second kappa shape index (κ2) is 8.60. The molecule has 0 spiro atoms. The predicted molar refractivity (Wildman–Crippen MR) is 94.1 cm³/mol. The minimum absolute atomic E-state index is 0.0179. The van der Waals surface area contributed by atoms with Crippen LogP contribution in [0.5, 0.6) is 0 Å². The number of aryl methyl sites for hydroxylation is 1. The van der Waals surface area contributed by atoms with Gasteiger partial charge >= 0.3 is 0 Å². The number of halogens is 2. The van der Waals surface area contributed by atoms with Gasteiger partial charge in [0.1, 0.15) is 18.2 Å². The topological polar surface area (TPSA) is 63.4 Å². The van der Waals surface area contributed by atoms with E-state index in [2.05, 4.69) is 10.3 Å². The fourth-order valence-corrected chi connectivity index (χ4v) is 3.33. The predicted octanol–water partition coefficient (Wildman–Crippen LogP) is 3.00. The van der Waals surface area contributed by atoms with Crippen LogP contribution in [0.1, 0.15) is 30.5 Å². The van der Waals surface area contributed by atoms with Crippen molar-refractivity contribution >= 4 is 16.8 Å². The fraction of sp³-hybridized carbons (Fsp3) is 0.526. The molecule has 0 radical (unpaired) electrons. The van der Waals surface area contributed by atoms with Crippen molar-refractivity contribution in [3.63, 3.8) is 0 Å². The molecule has 1 aromatic heterocycles. The van der Waals surface area contributed by atoms with Crippen molar-refractivity contribution in [1.82, 2.24) is 10.3 Å². The average molecular weight is 366 g/mol. The molecule has 2 heterocycles. The second-order valence-corrected chi connectivity index (χ2v) is 6.64. The number of amides is 1. The molecule has 1 aliphatic rings. The molecule has 2 N–H and O–H groups in total. The number of benzene rings is 1. The third-order valence-corrected chi connectivity index (χ3v) is 4.65. The standard InChI is InChI=1S/C19H24F2N2O3/c1-12-15(16-8-13(20)9-17(21)19(16)23-12)5-6-22-18(24)11-25-10-14-4-2-3-7-26-14/h8-9,14,23H,2-7,10-11H2,1H3,(H,22,24)/t14-/m1/s1. The van der Waals surface area contributed by atoms with Crippen LogP contribution in [0.4, 0.5) is 8.78 Å². The van der Waals surface area contributed by atoms with E-state index in [9.17, 15) is 13.6 Å². The Hall–Kier alpha value is -1.99. The molecular formula is C19H24F2N2O3. The number of H-pyrrole nitrogens is 1. The van der Waals surface area contributed by atoms with E-state index < -0.39 is 11.6 Å². The first-order chi connectivity index (χ1) is 12.5. The van der Waals surface area contributed by atoms with E-state index in [0.29, 0.717) is 30.5 Å². The molecule has 3 rings (SSSR count). The quantitative estimate of drug-likeness (QED) is 0.792. The monoisotopic (exact) mass is 366 g/mol. The summed E-state index contributed by atoms with van der Waals surface area (Å²) < 4.78 is 38.2. The van der Waals surface area contributed by atoms with Crippen LogP contribution in [0.15, 0.2) is 12.1 Å². The van der Waals surface area contributed by atoms with E-state index in [0.717, 1.165) is 43.2 Å². The summed E-state index contributed by atoms with van der Waals surface area (Å²) in [6.07, 6.45) is 3.74. The lowest BCUT2D eigenvalue weighted by atomic mass is 10.1. The average Bonchev–Trinajstić information content (AvgIpc) is 2.92. The minimum Gasteiger partial charge on any atom is -0.376 e. The smallest absolute Gasteiger partial charge is 0.246 e. The van der Waals surface area contributed by atoms with Gasteiger partial charge in [-0.25, -0.2) is 8.78 Å². The molecule has 0 aliphatic carbocycles. The van der Waals surface area contributed by atoms with Crippen LogP contribution in [-0.4, -0.2) is 43.4 Å². The number of hydrogen-bond acceptors (Lipinski definition) is 3. The summed E-state index contributed by atoms with van der Waals surface area (Å²) in [5.41, 5.74) is 1.86. The van der Waals surface area contributed by atoms with Gasteiger partial charge in [-0.15, -0.1) is 0 Å². The molecule has 5 nitrogen and oxygen atoms in total. The van der Waals surface area contributed by atoms with Crippen LogP contribution in [0.2, 0.25) is 0 Å². The Morgan fingerprint density at radius 3 is 3.00 bits per heavy atom. The van der Waals surface area contributed by atoms with Gasteiger partial charge in [0.05, 0.1) is 18.2 Å². The third kappa shape index (κ3) is 4.59. The van der Waals surface area contributed by atoms with Crippen LogP contribution >= 0.6 is 0 Å². The zero-order chi connectivity index (χ0) is 18.5. The zero-order valence-electron chi connectivity index (χ0n) is 14.9. The molecule has 0 unspecified atom stereocenters. The highest BCUT2D eigenvalue weighted by molar-refractivity contribution is 5.85. The van der Waals surface area contributed by atoms with Gasteiger partial charge in [-0.3, -0.25) is 4.79 Å². The maximum atomic E-state index is 13.8. The Kier molecular flexibility index (Phi) is 6.21. The van der Waals surface area contributed by atoms with Crippen molar-refractivity contribution in [2.45, 2.75) is 38.7 Å². The molecule has 1 atom stereocenters. The van der Waals surface area contributed by atoms with Gasteiger partial charge in [0.25, 0.3) is 0 Å². The van der Waals surface area contributed by atoms with E-state index in [1.54, 1.807) is 0 Å². The first-order valence-electron chi connectivity index (χ1n) is 8.97. The molecule has 1 saturated heterocycles. The number of aromatic amines is 1. The van der Waals surface area contributed by atoms with Crippen molar-refractivity contribution in [2.24, 2.45) is 0 Å². The van der Waals surface area contributed by atoms with E-state index in [-0.39, 0.29) is 18.6 Å². The van der Waals surface area contributed by atoms with Crippen molar-refractivity contribution in [2.75, 3.05) is 26.4 Å². The molecule has 26 heavy (non-hydrogen) atoms. The lowest BCUT2D eigenvalue weighted by Crippen LogP contribution is -2.32. The largest absolute Gasteiger partial charge is 0.376 e. The molecule has 1 amide bonds. The Labute approximate surface area is 151 Å². The van der Waals surface area contributed by atoms with Crippen LogP contribution in [0.3, 0.4) is 0 Å². The van der Waals surface area contributed by atoms with Crippen LogP contribution in [-0.2, 0) is 20.7 Å². The minimum atomic E-state index is -0.614. The molecule has 0 bridgehead atoms. The Morgan fingerprint density at radius 2 is 2.23 bits per heavy atom. The van der Waals surface area contributed by atoms with Crippen molar-refractivity contribution in [1.29, 1.82) is 0 Å². The fourth-order valence-electron chi connectivity index (χ4n) is 3.33. The van der Waals surface area contributed by atoms with Gasteiger partial charge in [0, 0.05) is 30.3 Å². The summed E-state index contributed by atoms with van der Waals surface area (Å²) in [6, 6.07) is 2.17. The van der Waals surface area contributed by atoms with E-state index in [1.807, 2.05) is 6.92 Å². The Balaban J connectivity index is 1.46. The number of rotatable bonds is 7. The molecule has 1 fully saturated rings. The number of carbonyl (C=O) groups is 1. The number of aromatic nitrogens is 1. The Morgan fingerprint density at radius 1 is 1.38 bits per heavy atom. The summed E-state index contributed by atoms with van der Waals surface area (Å²) >= 11 is 0. The molecule has 1 aliphatic heterocycles. The molecule has 0 saturated carbocycles. The van der Waals surface area contributed by atoms with Crippen LogP contribution < -0.4 is 5.32 Å². The van der Waals surface area contributed by atoms with Gasteiger partial charge < -0.3 is 19.8 Å². The van der Waals surface area contributed by atoms with Gasteiger partial charge in [0.15, 0.2) is 0 Å². The number of ether oxygens (including phenoxy) is 2. The van der Waals surface area contributed by atoms with Crippen molar-refractivity contribution < 1.29 is 23.0 Å². The summed E-state index contributed by atoms with van der Waals surface area (Å²) in [5, 5.41) is 3.29. The molecule has 7 heteroatoms. The molecule has 1 aromatic carbocycles. The SMILES string of the molecule is Cc1[nH]c2c(F)cc(F)cc2c1CCNC(=O)COC[C@H]1CCCCO1. The highest BCUT2D eigenvalue weighted by atomic mass is 19.1. The Bertz CT molecular complexity index is 770. The lowest BCUT2D eigenvalue weighted by molar-refractivity contribution is -0.127. The van der Waals surface area contributed by atoms with E-state index >= 15 is 0 Å². The normalized spacial score (nSPS) is 17.6. The summed E-state index contributed by atoms with van der Waals surface area (Å²) in [6.45, 7) is 3.34. The second-order valence-electron chi connectivity index (χ2n) is 6.64. The van der Waals surface area contributed by atoms with Gasteiger partial charge in [0.2, 0.25) is 5.91 Å². The summed E-state index contributed by atoms with van der Waals surface area (Å²) in [5.74, 6) is -1.44. The zero-order valence-corrected chi connectivity index (χ0v) is 14.9. The molecule has 2 aromatic rings. The van der Waals surface area contributed by atoms with Gasteiger partial charge in [-0.2, -0.15) is 0 Å².